The van der Waals surface area contributed by atoms with Crippen molar-refractivity contribution >= 4 is 12.6 Å². The fourth-order valence-corrected chi connectivity index (χ4v) is 1.36. The van der Waals surface area contributed by atoms with Crippen molar-refractivity contribution in [2.45, 2.75) is 19.3 Å². The van der Waals surface area contributed by atoms with Gasteiger partial charge in [0.15, 0.2) is 11.6 Å². The lowest BCUT2D eigenvalue weighted by molar-refractivity contribution is 0.385. The fraction of sp³-hybridized carbons (Fsp3) is 0.455. The molecule has 0 aliphatic rings. The first-order valence-corrected chi connectivity index (χ1v) is 5.09. The molecule has 0 aromatic heterocycles. The van der Waals surface area contributed by atoms with Crippen LogP contribution >= 0.6 is 12.6 Å². The van der Waals surface area contributed by atoms with Crippen LogP contribution in [0.1, 0.15) is 19.4 Å². The molecule has 78 valence electrons. The molecule has 0 unspecified atom stereocenters. The van der Waals surface area contributed by atoms with Crippen molar-refractivity contribution in [3.63, 3.8) is 0 Å². The summed E-state index contributed by atoms with van der Waals surface area (Å²) in [5, 5.41) is 0. The van der Waals surface area contributed by atoms with E-state index in [-0.39, 0.29) is 17.0 Å². The maximum Gasteiger partial charge on any atom is 0.165 e. The maximum atomic E-state index is 13.4. The molecule has 0 fully saturated rings. The van der Waals surface area contributed by atoms with E-state index in [1.54, 1.807) is 6.07 Å². The lowest BCUT2D eigenvalue weighted by atomic mass is 9.87. The second-order valence-corrected chi connectivity index (χ2v) is 4.21. The molecule has 0 saturated carbocycles. The van der Waals surface area contributed by atoms with E-state index in [2.05, 4.69) is 12.6 Å². The van der Waals surface area contributed by atoms with Crippen molar-refractivity contribution in [1.29, 1.82) is 0 Å². The molecule has 1 rings (SSSR count). The van der Waals surface area contributed by atoms with Gasteiger partial charge < -0.3 is 4.74 Å². The van der Waals surface area contributed by atoms with Gasteiger partial charge in [0.05, 0.1) is 7.11 Å². The van der Waals surface area contributed by atoms with Gasteiger partial charge in [-0.15, -0.1) is 0 Å². The van der Waals surface area contributed by atoms with E-state index in [1.807, 2.05) is 19.9 Å². The topological polar surface area (TPSA) is 9.23 Å². The summed E-state index contributed by atoms with van der Waals surface area (Å²) in [4.78, 5) is 0. The van der Waals surface area contributed by atoms with Crippen molar-refractivity contribution in [2.24, 2.45) is 0 Å². The summed E-state index contributed by atoms with van der Waals surface area (Å²) in [6.07, 6.45) is 0. The quantitative estimate of drug-likeness (QED) is 0.761. The monoisotopic (exact) mass is 214 g/mol. The molecule has 0 N–H and O–H groups in total. The van der Waals surface area contributed by atoms with E-state index < -0.39 is 0 Å². The smallest absolute Gasteiger partial charge is 0.165 e. The van der Waals surface area contributed by atoms with E-state index in [9.17, 15) is 4.39 Å². The van der Waals surface area contributed by atoms with Crippen molar-refractivity contribution < 1.29 is 9.13 Å². The second-order valence-electron chi connectivity index (χ2n) is 3.89. The van der Waals surface area contributed by atoms with Crippen LogP contribution in [-0.2, 0) is 5.41 Å². The van der Waals surface area contributed by atoms with Crippen LogP contribution in [0.4, 0.5) is 4.39 Å². The van der Waals surface area contributed by atoms with Crippen LogP contribution in [0.2, 0.25) is 0 Å². The van der Waals surface area contributed by atoms with E-state index in [0.29, 0.717) is 5.75 Å². The predicted octanol–water partition coefficient (Wildman–Crippen LogP) is 3.04. The molecule has 0 spiro atoms. The Hall–Kier alpha value is -0.700. The van der Waals surface area contributed by atoms with Gasteiger partial charge in [0.1, 0.15) is 0 Å². The number of methoxy groups -OCH3 is 1. The average molecular weight is 214 g/mol. The van der Waals surface area contributed by atoms with E-state index in [0.717, 1.165) is 5.56 Å². The Balaban J connectivity index is 3.08. The van der Waals surface area contributed by atoms with Gasteiger partial charge in [-0.1, -0.05) is 19.9 Å². The number of benzene rings is 1. The zero-order valence-electron chi connectivity index (χ0n) is 8.67. The zero-order chi connectivity index (χ0) is 10.8. The molecule has 0 heterocycles. The fourth-order valence-electron chi connectivity index (χ4n) is 1.18. The van der Waals surface area contributed by atoms with Gasteiger partial charge >= 0.3 is 0 Å². The summed E-state index contributed by atoms with van der Waals surface area (Å²) in [5.74, 6) is 0.641. The minimum atomic E-state index is -0.320. The Morgan fingerprint density at radius 3 is 2.50 bits per heavy atom. The van der Waals surface area contributed by atoms with Crippen molar-refractivity contribution in [3.05, 3.63) is 29.6 Å². The highest BCUT2D eigenvalue weighted by molar-refractivity contribution is 7.80. The first-order chi connectivity index (χ1) is 6.51. The van der Waals surface area contributed by atoms with Gasteiger partial charge in [0, 0.05) is 0 Å². The molecule has 0 saturated heterocycles. The Bertz CT molecular complexity index is 323. The molecular weight excluding hydrogens is 199 g/mol. The Morgan fingerprint density at radius 1 is 1.43 bits per heavy atom. The normalized spacial score (nSPS) is 11.5. The molecule has 3 heteroatoms. The molecule has 14 heavy (non-hydrogen) atoms. The number of halogens is 1. The van der Waals surface area contributed by atoms with Crippen LogP contribution in [0, 0.1) is 5.82 Å². The largest absolute Gasteiger partial charge is 0.494 e. The van der Waals surface area contributed by atoms with Crippen LogP contribution < -0.4 is 4.74 Å². The number of hydrogen-bond acceptors (Lipinski definition) is 2. The molecule has 0 aliphatic carbocycles. The van der Waals surface area contributed by atoms with Gasteiger partial charge in [0.2, 0.25) is 0 Å². The maximum absolute atomic E-state index is 13.4. The summed E-state index contributed by atoms with van der Waals surface area (Å²) in [5.41, 5.74) is 0.821. The van der Waals surface area contributed by atoms with E-state index in [4.69, 9.17) is 4.74 Å². The molecule has 1 nitrogen and oxygen atoms in total. The summed E-state index contributed by atoms with van der Waals surface area (Å²) >= 11 is 4.24. The van der Waals surface area contributed by atoms with Gasteiger partial charge in [-0.2, -0.15) is 12.6 Å². The third kappa shape index (κ3) is 2.21. The zero-order valence-corrected chi connectivity index (χ0v) is 9.57. The third-order valence-electron chi connectivity index (χ3n) is 2.33. The molecule has 0 atom stereocenters. The highest BCUT2D eigenvalue weighted by Crippen LogP contribution is 2.28. The SMILES string of the molecule is COc1ccc(C(C)(C)CS)cc1F. The lowest BCUT2D eigenvalue weighted by Crippen LogP contribution is -2.19. The van der Waals surface area contributed by atoms with Crippen molar-refractivity contribution in [1.82, 2.24) is 0 Å². The van der Waals surface area contributed by atoms with E-state index >= 15 is 0 Å². The summed E-state index contributed by atoms with van der Waals surface area (Å²) in [6.45, 7) is 4.06. The van der Waals surface area contributed by atoms with Crippen LogP contribution in [0.5, 0.6) is 5.75 Å². The van der Waals surface area contributed by atoms with Crippen LogP contribution in [0.3, 0.4) is 0 Å². The Labute approximate surface area is 89.7 Å². The highest BCUT2D eigenvalue weighted by Gasteiger charge is 2.19. The summed E-state index contributed by atoms with van der Waals surface area (Å²) < 4.78 is 18.2. The molecule has 0 aliphatic heterocycles. The summed E-state index contributed by atoms with van der Waals surface area (Å²) in [7, 11) is 1.46. The minimum absolute atomic E-state index is 0.115. The molecule has 0 radical (unpaired) electrons. The van der Waals surface area contributed by atoms with E-state index in [1.165, 1.54) is 13.2 Å². The van der Waals surface area contributed by atoms with Gasteiger partial charge in [-0.25, -0.2) is 4.39 Å². The first kappa shape index (κ1) is 11.4. The standard InChI is InChI=1S/C11H15FOS/c1-11(2,7-14)8-4-5-10(13-3)9(12)6-8/h4-6,14H,7H2,1-3H3. The molecule has 1 aromatic carbocycles. The van der Waals surface area contributed by atoms with Gasteiger partial charge in [0.25, 0.3) is 0 Å². The van der Waals surface area contributed by atoms with Crippen molar-refractivity contribution in [2.75, 3.05) is 12.9 Å². The highest BCUT2D eigenvalue weighted by atomic mass is 32.1. The number of thiol groups is 1. The number of ether oxygens (including phenoxy) is 1. The second kappa shape index (κ2) is 4.22. The molecular formula is C11H15FOS. The molecule has 0 amide bonds. The van der Waals surface area contributed by atoms with Crippen LogP contribution in [-0.4, -0.2) is 12.9 Å². The van der Waals surface area contributed by atoms with Gasteiger partial charge in [-0.3, -0.25) is 0 Å². The molecule has 0 bridgehead atoms. The Kier molecular flexibility index (Phi) is 3.43. The first-order valence-electron chi connectivity index (χ1n) is 4.46. The van der Waals surface area contributed by atoms with Crippen LogP contribution in [0.15, 0.2) is 18.2 Å². The minimum Gasteiger partial charge on any atom is -0.494 e. The Morgan fingerprint density at radius 2 is 2.07 bits per heavy atom. The summed E-state index contributed by atoms with van der Waals surface area (Å²) in [6, 6.07) is 5.03. The predicted molar refractivity (Wildman–Crippen MR) is 59.8 cm³/mol. The average Bonchev–Trinajstić information content (AvgIpc) is 2.17. The van der Waals surface area contributed by atoms with Gasteiger partial charge in [-0.05, 0) is 28.9 Å². The van der Waals surface area contributed by atoms with Crippen molar-refractivity contribution in [3.8, 4) is 5.75 Å². The molecule has 1 aromatic rings. The number of rotatable bonds is 3. The lowest BCUT2D eigenvalue weighted by Gasteiger charge is -2.22. The number of hydrogen-bond donors (Lipinski definition) is 1. The van der Waals surface area contributed by atoms with Crippen LogP contribution in [0.25, 0.3) is 0 Å². The third-order valence-corrected chi connectivity index (χ3v) is 3.12.